The molecule has 2 amide bonds. The molecule has 5 aromatic carbocycles. The van der Waals surface area contributed by atoms with Crippen LogP contribution in [-0.4, -0.2) is 49.7 Å². The number of halogens is 9. The van der Waals surface area contributed by atoms with Gasteiger partial charge >= 0.3 is 30.7 Å². The van der Waals surface area contributed by atoms with Crippen LogP contribution in [0.2, 0.25) is 0 Å². The maximum atomic E-state index is 12.9. The quantitative estimate of drug-likeness (QED) is 0.0515. The number of anilines is 1. The summed E-state index contributed by atoms with van der Waals surface area (Å²) in [6, 6.07) is 27.6. The van der Waals surface area contributed by atoms with Crippen molar-refractivity contribution in [3.8, 4) is 11.8 Å². The highest BCUT2D eigenvalue weighted by Gasteiger charge is 2.32. The molecule has 5 rings (SSSR count). The number of rotatable bonds is 13. The molecule has 0 heterocycles. The van der Waals surface area contributed by atoms with Crippen molar-refractivity contribution in [2.75, 3.05) is 19.5 Å². The fraction of sp³-hybridized carbons (Fsp3) is 0.182. The first-order valence-corrected chi connectivity index (χ1v) is 18.5. The van der Waals surface area contributed by atoms with Crippen molar-refractivity contribution in [2.24, 2.45) is 15.4 Å². The van der Waals surface area contributed by atoms with Gasteiger partial charge in [0.1, 0.15) is 19.5 Å². The van der Waals surface area contributed by atoms with Crippen molar-refractivity contribution < 1.29 is 68.3 Å². The SMILES string of the molecule is CO/N=C(\C(=O)OC)c1ccccc1CO/N=C(\C)c1cccc(C(F)(F)F)c1.N#Cc1ccc(C/C(=N\NC(=O)Nc2ccc(OC(F)(F)F)cc2)c2ccc(C(F)(F)F)cc2)cc1. The van der Waals surface area contributed by atoms with Crippen molar-refractivity contribution in [3.05, 3.63) is 166 Å². The van der Waals surface area contributed by atoms with Gasteiger partial charge in [0.2, 0.25) is 0 Å². The van der Waals surface area contributed by atoms with Crippen LogP contribution in [-0.2, 0) is 44.6 Å². The predicted octanol–water partition coefficient (Wildman–Crippen LogP) is 10.4. The molecule has 2 N–H and O–H groups in total. The number of oxime groups is 2. The normalized spacial score (nSPS) is 12.2. The van der Waals surface area contributed by atoms with Gasteiger partial charge in [-0.2, -0.15) is 36.7 Å². The molecular weight excluding hydrogens is 880 g/mol. The van der Waals surface area contributed by atoms with E-state index in [1.54, 1.807) is 48.5 Å². The topological polar surface area (TPSA) is 156 Å². The summed E-state index contributed by atoms with van der Waals surface area (Å²) in [5, 5.41) is 22.9. The number of benzene rings is 5. The highest BCUT2D eigenvalue weighted by Crippen LogP contribution is 2.31. The third-order valence-corrected chi connectivity index (χ3v) is 8.50. The minimum atomic E-state index is -4.86. The number of urea groups is 1. The molecule has 0 aromatic heterocycles. The first-order valence-electron chi connectivity index (χ1n) is 18.5. The van der Waals surface area contributed by atoms with Crippen LogP contribution in [0, 0.1) is 11.3 Å². The summed E-state index contributed by atoms with van der Waals surface area (Å²) in [5.74, 6) is -1.17. The second kappa shape index (κ2) is 22.5. The summed E-state index contributed by atoms with van der Waals surface area (Å²) in [6.07, 6.45) is -13.7. The maximum Gasteiger partial charge on any atom is 0.573 e. The van der Waals surface area contributed by atoms with Gasteiger partial charge in [-0.3, -0.25) is 0 Å². The number of hydrazone groups is 1. The molecule has 0 aliphatic heterocycles. The van der Waals surface area contributed by atoms with Gasteiger partial charge in [0.25, 0.3) is 0 Å². The lowest BCUT2D eigenvalue weighted by atomic mass is 10.0. The van der Waals surface area contributed by atoms with Crippen molar-refractivity contribution >= 4 is 34.8 Å². The molecule has 0 aliphatic rings. The van der Waals surface area contributed by atoms with E-state index < -0.39 is 47.6 Å². The number of hydrogen-bond donors (Lipinski definition) is 2. The van der Waals surface area contributed by atoms with Crippen LogP contribution >= 0.6 is 0 Å². The van der Waals surface area contributed by atoms with Gasteiger partial charge < -0.3 is 24.5 Å². The molecular formula is C44H35F9N6O6. The average Bonchev–Trinajstić information content (AvgIpc) is 3.27. The van der Waals surface area contributed by atoms with E-state index in [4.69, 9.17) is 19.7 Å². The number of esters is 1. The minimum Gasteiger partial charge on any atom is -0.464 e. The highest BCUT2D eigenvalue weighted by molar-refractivity contribution is 6.43. The van der Waals surface area contributed by atoms with Gasteiger partial charge in [0.15, 0.2) is 5.71 Å². The average molecular weight is 915 g/mol. The number of carbonyl (C=O) groups is 2. The first-order chi connectivity index (χ1) is 30.7. The molecule has 0 spiro atoms. The van der Waals surface area contributed by atoms with E-state index in [0.29, 0.717) is 27.8 Å². The number of nitriles is 1. The number of nitrogens with one attached hydrogen (secondary N) is 2. The van der Waals surface area contributed by atoms with Crippen LogP contribution < -0.4 is 15.5 Å². The minimum absolute atomic E-state index is 0.0484. The number of ether oxygens (including phenoxy) is 2. The van der Waals surface area contributed by atoms with E-state index in [9.17, 15) is 49.1 Å². The Morgan fingerprint density at radius 2 is 1.37 bits per heavy atom. The first kappa shape index (κ1) is 49.8. The predicted molar refractivity (Wildman–Crippen MR) is 219 cm³/mol. The number of hydrogen-bond acceptors (Lipinski definition) is 10. The van der Waals surface area contributed by atoms with Crippen molar-refractivity contribution in [3.63, 3.8) is 0 Å². The van der Waals surface area contributed by atoms with Crippen LogP contribution in [0.25, 0.3) is 0 Å². The number of carbonyl (C=O) groups excluding carboxylic acids is 2. The molecule has 340 valence electrons. The third kappa shape index (κ3) is 15.8. The van der Waals surface area contributed by atoms with Crippen LogP contribution in [0.5, 0.6) is 5.75 Å². The molecule has 0 atom stereocenters. The zero-order chi connectivity index (χ0) is 47.8. The summed E-state index contributed by atoms with van der Waals surface area (Å²) < 4.78 is 123. The standard InChI is InChI=1S/C24H16F6N4O2.C20H19F3N2O4/c25-23(26,27)18-7-5-17(6-8-18)21(13-15-1-3-16(14-31)4-2-15)33-34-22(35)32-19-9-11-20(12-10-19)36-24(28,29)30;1-13(14-8-6-9-16(11-14)20(21,22)23)24-29-12-15-7-4-5-10-17(15)18(25-28-3)19(26)27-2/h1-12H,13H2,(H2,32,34,35);4-11H,12H2,1-3H3/b33-21+;24-13+,25-18-. The second-order valence-corrected chi connectivity index (χ2v) is 13.1. The lowest BCUT2D eigenvalue weighted by Crippen LogP contribution is -2.26. The van der Waals surface area contributed by atoms with E-state index in [1.165, 1.54) is 57.5 Å². The Labute approximate surface area is 364 Å². The number of nitrogens with zero attached hydrogens (tertiary/aromatic N) is 4. The third-order valence-electron chi connectivity index (χ3n) is 8.50. The molecule has 0 bridgehead atoms. The van der Waals surface area contributed by atoms with Crippen molar-refractivity contribution in [1.29, 1.82) is 5.26 Å². The molecule has 0 saturated heterocycles. The summed E-state index contributed by atoms with van der Waals surface area (Å²) in [6.45, 7) is 1.49. The van der Waals surface area contributed by atoms with Gasteiger partial charge in [-0.25, -0.2) is 15.0 Å². The van der Waals surface area contributed by atoms with Crippen molar-refractivity contribution in [1.82, 2.24) is 5.43 Å². The monoisotopic (exact) mass is 914 g/mol. The second-order valence-electron chi connectivity index (χ2n) is 13.1. The molecule has 0 unspecified atom stereocenters. The van der Waals surface area contributed by atoms with E-state index in [-0.39, 0.29) is 41.4 Å². The van der Waals surface area contributed by atoms with E-state index in [2.05, 4.69) is 30.9 Å². The lowest BCUT2D eigenvalue weighted by Gasteiger charge is -2.12. The Kier molecular flexibility index (Phi) is 17.2. The van der Waals surface area contributed by atoms with Crippen LogP contribution in [0.15, 0.2) is 137 Å². The Hall–Kier alpha value is -7.89. The molecule has 0 radical (unpaired) electrons. The van der Waals surface area contributed by atoms with Crippen LogP contribution in [0.3, 0.4) is 0 Å². The number of amides is 2. The summed E-state index contributed by atoms with van der Waals surface area (Å²) in [7, 11) is 2.51. The Balaban J connectivity index is 0.000000292. The zero-order valence-electron chi connectivity index (χ0n) is 34.1. The van der Waals surface area contributed by atoms with E-state index in [1.807, 2.05) is 6.07 Å². The molecule has 21 heteroatoms. The largest absolute Gasteiger partial charge is 0.573 e. The fourth-order valence-electron chi connectivity index (χ4n) is 5.40. The van der Waals surface area contributed by atoms with Gasteiger partial charge in [0, 0.05) is 23.2 Å². The molecule has 0 aliphatic carbocycles. The maximum absolute atomic E-state index is 12.9. The van der Waals surface area contributed by atoms with Gasteiger partial charge in [-0.1, -0.05) is 71.0 Å². The van der Waals surface area contributed by atoms with E-state index >= 15 is 0 Å². The van der Waals surface area contributed by atoms with Gasteiger partial charge in [-0.05, 0) is 84.3 Å². The smallest absolute Gasteiger partial charge is 0.464 e. The van der Waals surface area contributed by atoms with Crippen molar-refractivity contribution in [2.45, 2.75) is 38.7 Å². The zero-order valence-corrected chi connectivity index (χ0v) is 34.1. The summed E-state index contributed by atoms with van der Waals surface area (Å²) in [5.41, 5.74) is 3.85. The fourth-order valence-corrected chi connectivity index (χ4v) is 5.40. The van der Waals surface area contributed by atoms with E-state index in [0.717, 1.165) is 36.4 Å². The summed E-state index contributed by atoms with van der Waals surface area (Å²) in [4.78, 5) is 34.2. The van der Waals surface area contributed by atoms with Crippen LogP contribution in [0.4, 0.5) is 50.0 Å². The van der Waals surface area contributed by atoms with Gasteiger partial charge in [0.05, 0.1) is 41.3 Å². The molecule has 0 fully saturated rings. The summed E-state index contributed by atoms with van der Waals surface area (Å²) >= 11 is 0. The Bertz CT molecular complexity index is 2530. The molecule has 5 aromatic rings. The molecule has 65 heavy (non-hydrogen) atoms. The lowest BCUT2D eigenvalue weighted by molar-refractivity contribution is -0.274. The molecule has 0 saturated carbocycles. The number of methoxy groups -OCH3 is 1. The molecule has 12 nitrogen and oxygen atoms in total. The van der Waals surface area contributed by atoms with Gasteiger partial charge in [-0.15, -0.1) is 13.2 Å². The number of alkyl halides is 9. The Morgan fingerprint density at radius 1 is 0.723 bits per heavy atom. The highest BCUT2D eigenvalue weighted by atomic mass is 19.4. The van der Waals surface area contributed by atoms with Crippen LogP contribution in [0.1, 0.15) is 51.4 Å². The Morgan fingerprint density at radius 3 is 1.95 bits per heavy atom.